The molecule has 0 spiro atoms. The molecule has 1 aromatic rings. The Morgan fingerprint density at radius 3 is 2.50 bits per heavy atom. The molecule has 114 valence electrons. The first-order valence-electron chi connectivity index (χ1n) is 5.17. The number of nitrogens with two attached hydrogens (primary N) is 1. The van der Waals surface area contributed by atoms with E-state index in [0.717, 1.165) is 12.1 Å². The van der Waals surface area contributed by atoms with Crippen molar-refractivity contribution in [2.45, 2.75) is 12.1 Å². The van der Waals surface area contributed by atoms with Crippen LogP contribution in [0.5, 0.6) is 5.75 Å². The molecular weight excluding hydrogens is 310 g/mol. The number of nitrogen functional groups attached to an aromatic ring is 1. The second kappa shape index (κ2) is 6.82. The molecule has 0 radical (unpaired) electrons. The van der Waals surface area contributed by atoms with Gasteiger partial charge in [-0.25, -0.2) is 4.39 Å². The minimum Gasteiger partial charge on any atom is -0.432 e. The average Bonchev–Trinajstić information content (AvgIpc) is 2.28. The second-order valence-corrected chi connectivity index (χ2v) is 4.63. The van der Waals surface area contributed by atoms with Crippen molar-refractivity contribution >= 4 is 23.1 Å². The first kappa shape index (κ1) is 16.6. The number of thioether (sulfide) groups is 1. The van der Waals surface area contributed by atoms with Gasteiger partial charge in [-0.2, -0.15) is 22.0 Å². The first-order chi connectivity index (χ1) is 9.19. The first-order valence-corrected chi connectivity index (χ1v) is 6.16. The molecule has 0 aliphatic heterocycles. The lowest BCUT2D eigenvalue weighted by atomic mass is 10.2. The van der Waals surface area contributed by atoms with E-state index in [1.807, 2.05) is 0 Å². The van der Waals surface area contributed by atoms with Crippen LogP contribution < -0.4 is 15.8 Å². The number of nitrogens with one attached hydrogen (secondary N) is 1. The van der Waals surface area contributed by atoms with Crippen LogP contribution in [-0.4, -0.2) is 24.4 Å². The lowest BCUT2D eigenvalue weighted by molar-refractivity contribution is -0.0521. The number of anilines is 2. The van der Waals surface area contributed by atoms with Crippen LogP contribution in [0.1, 0.15) is 0 Å². The van der Waals surface area contributed by atoms with Crippen LogP contribution >= 0.6 is 11.8 Å². The molecule has 0 amide bonds. The van der Waals surface area contributed by atoms with E-state index in [9.17, 15) is 26.3 Å². The molecule has 3 N–H and O–H groups in total. The largest absolute Gasteiger partial charge is 0.441 e. The van der Waals surface area contributed by atoms with Crippen LogP contribution in [0.4, 0.5) is 37.7 Å². The van der Waals surface area contributed by atoms with Gasteiger partial charge in [-0.1, -0.05) is 0 Å². The van der Waals surface area contributed by atoms with Crippen LogP contribution in [0, 0.1) is 5.82 Å². The highest BCUT2D eigenvalue weighted by Crippen LogP contribution is 2.31. The van der Waals surface area contributed by atoms with E-state index in [0.29, 0.717) is 0 Å². The quantitative estimate of drug-likeness (QED) is 0.477. The van der Waals surface area contributed by atoms with Crippen molar-refractivity contribution in [3.05, 3.63) is 17.9 Å². The number of rotatable bonds is 6. The number of halogens is 6. The van der Waals surface area contributed by atoms with Crippen LogP contribution in [0.3, 0.4) is 0 Å². The SMILES string of the molecule is Nc1cc(F)c(OC(F)F)cc1NCCSC(F)(F)F. The fourth-order valence-electron chi connectivity index (χ4n) is 1.26. The monoisotopic (exact) mass is 320 g/mol. The Morgan fingerprint density at radius 1 is 1.30 bits per heavy atom. The molecular formula is C10H10F6N2OS. The molecule has 0 aromatic heterocycles. The highest BCUT2D eigenvalue weighted by Gasteiger charge is 2.27. The Morgan fingerprint density at radius 2 is 1.95 bits per heavy atom. The van der Waals surface area contributed by atoms with Crippen molar-refractivity contribution in [2.24, 2.45) is 0 Å². The topological polar surface area (TPSA) is 47.3 Å². The molecule has 10 heteroatoms. The van der Waals surface area contributed by atoms with Crippen molar-refractivity contribution in [1.29, 1.82) is 0 Å². The summed E-state index contributed by atoms with van der Waals surface area (Å²) >= 11 is -0.252. The molecule has 0 heterocycles. The molecule has 1 aromatic carbocycles. The zero-order chi connectivity index (χ0) is 15.3. The van der Waals surface area contributed by atoms with Gasteiger partial charge < -0.3 is 15.8 Å². The van der Waals surface area contributed by atoms with Crippen molar-refractivity contribution < 1.29 is 31.1 Å². The van der Waals surface area contributed by atoms with Crippen molar-refractivity contribution in [3.8, 4) is 5.75 Å². The summed E-state index contributed by atoms with van der Waals surface area (Å²) in [6.45, 7) is -3.35. The Kier molecular flexibility index (Phi) is 5.66. The van der Waals surface area contributed by atoms with Gasteiger partial charge >= 0.3 is 12.1 Å². The van der Waals surface area contributed by atoms with E-state index in [1.165, 1.54) is 0 Å². The molecule has 0 atom stereocenters. The minimum atomic E-state index is -4.36. The number of alkyl halides is 5. The molecule has 1 rings (SSSR count). The van der Waals surface area contributed by atoms with Gasteiger partial charge in [0.15, 0.2) is 11.6 Å². The van der Waals surface area contributed by atoms with E-state index in [4.69, 9.17) is 5.73 Å². The van der Waals surface area contributed by atoms with Gasteiger partial charge in [0.25, 0.3) is 0 Å². The van der Waals surface area contributed by atoms with Gasteiger partial charge in [0, 0.05) is 24.4 Å². The molecule has 0 aliphatic carbocycles. The average molecular weight is 320 g/mol. The third-order valence-corrected chi connectivity index (χ3v) is 2.74. The van der Waals surface area contributed by atoms with Crippen LogP contribution in [0.2, 0.25) is 0 Å². The second-order valence-electron chi connectivity index (χ2n) is 3.47. The summed E-state index contributed by atoms with van der Waals surface area (Å²) in [7, 11) is 0. The molecule has 0 fully saturated rings. The highest BCUT2D eigenvalue weighted by molar-refractivity contribution is 8.00. The van der Waals surface area contributed by atoms with Gasteiger partial charge in [0.2, 0.25) is 0 Å². The van der Waals surface area contributed by atoms with Crippen LogP contribution in [-0.2, 0) is 0 Å². The standard InChI is InChI=1S/C10H10F6N2OS/c11-5-3-6(17)7(4-8(5)19-9(12)13)18-1-2-20-10(14,15)16/h3-4,9,18H,1-2,17H2. The van der Waals surface area contributed by atoms with Crippen LogP contribution in [0.25, 0.3) is 0 Å². The van der Waals surface area contributed by atoms with E-state index in [1.54, 1.807) is 0 Å². The number of hydrogen-bond donors (Lipinski definition) is 2. The Bertz CT molecular complexity index is 454. The van der Waals surface area contributed by atoms with Crippen molar-refractivity contribution in [1.82, 2.24) is 0 Å². The van der Waals surface area contributed by atoms with E-state index in [2.05, 4.69) is 10.1 Å². The molecule has 0 saturated carbocycles. The molecule has 0 aliphatic rings. The maximum atomic E-state index is 13.2. The third kappa shape index (κ3) is 5.68. The predicted octanol–water partition coefficient (Wildman–Crippen LogP) is 3.67. The van der Waals surface area contributed by atoms with Gasteiger partial charge in [-0.15, -0.1) is 0 Å². The molecule has 0 unspecified atom stereocenters. The Hall–Kier alpha value is -1.45. The van der Waals surface area contributed by atoms with E-state index in [-0.39, 0.29) is 35.4 Å². The fraction of sp³-hybridized carbons (Fsp3) is 0.400. The van der Waals surface area contributed by atoms with Gasteiger partial charge in [-0.3, -0.25) is 0 Å². The number of ether oxygens (including phenoxy) is 1. The maximum Gasteiger partial charge on any atom is 0.441 e. The number of hydrogen-bond acceptors (Lipinski definition) is 4. The van der Waals surface area contributed by atoms with Gasteiger partial charge in [0.1, 0.15) is 0 Å². The molecule has 3 nitrogen and oxygen atoms in total. The summed E-state index contributed by atoms with van der Waals surface area (Å²) in [5.41, 5.74) is 0.948. The summed E-state index contributed by atoms with van der Waals surface area (Å²) in [5, 5.41) is 2.49. The summed E-state index contributed by atoms with van der Waals surface area (Å²) in [6, 6.07) is 1.62. The number of benzene rings is 1. The molecule has 20 heavy (non-hydrogen) atoms. The van der Waals surface area contributed by atoms with Crippen molar-refractivity contribution in [2.75, 3.05) is 23.3 Å². The van der Waals surface area contributed by atoms with E-state index < -0.39 is 23.7 Å². The fourth-order valence-corrected chi connectivity index (χ4v) is 1.70. The normalized spacial score (nSPS) is 11.8. The minimum absolute atomic E-state index is 0.0184. The Labute approximate surface area is 114 Å². The highest BCUT2D eigenvalue weighted by atomic mass is 32.2. The smallest absolute Gasteiger partial charge is 0.432 e. The van der Waals surface area contributed by atoms with Gasteiger partial charge in [0.05, 0.1) is 11.4 Å². The van der Waals surface area contributed by atoms with Crippen molar-refractivity contribution in [3.63, 3.8) is 0 Å². The van der Waals surface area contributed by atoms with Crippen LogP contribution in [0.15, 0.2) is 12.1 Å². The zero-order valence-electron chi connectivity index (χ0n) is 9.81. The summed E-state index contributed by atoms with van der Waals surface area (Å²) in [4.78, 5) is 0. The van der Waals surface area contributed by atoms with Gasteiger partial charge in [-0.05, 0) is 11.8 Å². The lowest BCUT2D eigenvalue weighted by Crippen LogP contribution is -2.11. The summed E-state index contributed by atoms with van der Waals surface area (Å²) in [5.74, 6) is -2.14. The lowest BCUT2D eigenvalue weighted by Gasteiger charge is -2.13. The zero-order valence-corrected chi connectivity index (χ0v) is 10.6. The molecule has 0 bridgehead atoms. The van der Waals surface area contributed by atoms with E-state index >= 15 is 0 Å². The Balaban J connectivity index is 2.65. The predicted molar refractivity (Wildman–Crippen MR) is 64.4 cm³/mol. The molecule has 0 saturated heterocycles. The maximum absolute atomic E-state index is 13.2. The summed E-state index contributed by atoms with van der Waals surface area (Å²) in [6.07, 6.45) is 0. The third-order valence-electron chi connectivity index (χ3n) is 2.00. The summed E-state index contributed by atoms with van der Waals surface area (Å²) < 4.78 is 76.8.